The van der Waals surface area contributed by atoms with E-state index in [4.69, 9.17) is 10.5 Å². The number of fused-ring (bicyclic) bond motifs is 1. The van der Waals surface area contributed by atoms with Gasteiger partial charge in [0.1, 0.15) is 11.4 Å². The summed E-state index contributed by atoms with van der Waals surface area (Å²) in [5, 5.41) is 13.7. The number of nitrogens with two attached hydrogens (primary N) is 1. The van der Waals surface area contributed by atoms with Crippen molar-refractivity contribution in [3.05, 3.63) is 29.3 Å². The Labute approximate surface area is 177 Å². The van der Waals surface area contributed by atoms with E-state index in [-0.39, 0.29) is 11.7 Å². The smallest absolute Gasteiger partial charge is 0.407 e. The van der Waals surface area contributed by atoms with Crippen LogP contribution in [0.4, 0.5) is 10.6 Å². The molecule has 0 atom stereocenters. The largest absolute Gasteiger partial charge is 0.444 e. The molecular formula is C19H26BrN7O2. The number of aromatic nitrogens is 5. The van der Waals surface area contributed by atoms with Gasteiger partial charge in [-0.15, -0.1) is 0 Å². The zero-order valence-electron chi connectivity index (χ0n) is 16.8. The van der Waals surface area contributed by atoms with Crippen LogP contribution < -0.4 is 11.1 Å². The number of nitrogens with zero attached hydrogens (tertiary/aromatic N) is 4. The van der Waals surface area contributed by atoms with Gasteiger partial charge in [0.15, 0.2) is 5.65 Å². The summed E-state index contributed by atoms with van der Waals surface area (Å²) in [6, 6.07) is 0.342. The third-order valence-electron chi connectivity index (χ3n) is 4.40. The standard InChI is InChI=1S/C10H19NO2.C9H7BrN6/c1-10(2,3)13-9(12)11-8-6-4-5-7-8;10-7-4-12-9-6(5-1-13-14-2-5)3-15-16(9)8(7)11/h8H,4-7H2,1-3H3,(H,11,12);1-4H,11H2,(H,13,14). The van der Waals surface area contributed by atoms with Gasteiger partial charge >= 0.3 is 6.09 Å². The zero-order valence-corrected chi connectivity index (χ0v) is 18.4. The second-order valence-electron chi connectivity index (χ2n) is 7.90. The van der Waals surface area contributed by atoms with Gasteiger partial charge in [-0.3, -0.25) is 5.10 Å². The Balaban J connectivity index is 0.000000170. The number of ether oxygens (including phenoxy) is 1. The van der Waals surface area contributed by atoms with Crippen molar-refractivity contribution in [1.29, 1.82) is 0 Å². The van der Waals surface area contributed by atoms with E-state index in [1.54, 1.807) is 29.3 Å². The Morgan fingerprint density at radius 1 is 1.31 bits per heavy atom. The van der Waals surface area contributed by atoms with Crippen molar-refractivity contribution < 1.29 is 9.53 Å². The molecule has 0 aliphatic heterocycles. The van der Waals surface area contributed by atoms with Gasteiger partial charge in [-0.05, 0) is 49.5 Å². The van der Waals surface area contributed by atoms with Gasteiger partial charge in [-0.2, -0.15) is 14.7 Å². The monoisotopic (exact) mass is 463 g/mol. The summed E-state index contributed by atoms with van der Waals surface area (Å²) >= 11 is 3.31. The fourth-order valence-corrected chi connectivity index (χ4v) is 3.34. The van der Waals surface area contributed by atoms with Gasteiger partial charge in [0.25, 0.3) is 0 Å². The molecule has 4 N–H and O–H groups in total. The van der Waals surface area contributed by atoms with Gasteiger partial charge in [0.05, 0.1) is 16.9 Å². The second-order valence-corrected chi connectivity index (χ2v) is 8.75. The first-order valence-electron chi connectivity index (χ1n) is 9.51. The van der Waals surface area contributed by atoms with Crippen molar-refractivity contribution in [3.63, 3.8) is 0 Å². The normalized spacial score (nSPS) is 14.5. The molecule has 0 spiro atoms. The number of nitrogens with one attached hydrogen (secondary N) is 2. The summed E-state index contributed by atoms with van der Waals surface area (Å²) in [6.07, 6.45) is 11.2. The third kappa shape index (κ3) is 5.47. The zero-order chi connectivity index (χ0) is 21.0. The number of amides is 1. The van der Waals surface area contributed by atoms with Crippen molar-refractivity contribution in [1.82, 2.24) is 30.1 Å². The number of hydrogen-bond acceptors (Lipinski definition) is 6. The number of rotatable bonds is 2. The molecular weight excluding hydrogens is 438 g/mol. The number of halogens is 1. The quantitative estimate of drug-likeness (QED) is 0.528. The molecule has 1 aliphatic carbocycles. The fourth-order valence-electron chi connectivity index (χ4n) is 3.07. The SMILES string of the molecule is CC(C)(C)OC(=O)NC1CCCC1.Nc1c(Br)cnc2c(-c3cn[nH]c3)cnn12. The highest BCUT2D eigenvalue weighted by Crippen LogP contribution is 2.26. The number of hydrogen-bond donors (Lipinski definition) is 3. The molecule has 0 saturated heterocycles. The van der Waals surface area contributed by atoms with Gasteiger partial charge in [0, 0.05) is 29.6 Å². The maximum Gasteiger partial charge on any atom is 0.407 e. The molecule has 3 aromatic heterocycles. The van der Waals surface area contributed by atoms with Crippen LogP contribution in [0, 0.1) is 0 Å². The molecule has 0 unspecified atom stereocenters. The molecule has 3 heterocycles. The molecule has 1 amide bonds. The molecule has 156 valence electrons. The maximum absolute atomic E-state index is 11.3. The van der Waals surface area contributed by atoms with Crippen LogP contribution in [-0.4, -0.2) is 42.5 Å². The number of nitrogen functional groups attached to an aromatic ring is 1. The van der Waals surface area contributed by atoms with Gasteiger partial charge in [-0.25, -0.2) is 9.78 Å². The molecule has 0 bridgehead atoms. The fraction of sp³-hybridized carbons (Fsp3) is 0.474. The minimum absolute atomic E-state index is 0.278. The van der Waals surface area contributed by atoms with Crippen LogP contribution >= 0.6 is 15.9 Å². The van der Waals surface area contributed by atoms with E-state index in [9.17, 15) is 4.79 Å². The molecule has 1 aliphatic rings. The molecule has 1 fully saturated rings. The number of anilines is 1. The van der Waals surface area contributed by atoms with Crippen LogP contribution in [0.3, 0.4) is 0 Å². The first-order valence-corrected chi connectivity index (χ1v) is 10.3. The first-order chi connectivity index (χ1) is 13.7. The predicted octanol–water partition coefficient (Wildman–Crippen LogP) is 3.92. The Hall–Kier alpha value is -2.62. The second kappa shape index (κ2) is 8.81. The van der Waals surface area contributed by atoms with Gasteiger partial charge < -0.3 is 15.8 Å². The summed E-state index contributed by atoms with van der Waals surface area (Å²) in [6.45, 7) is 5.63. The average molecular weight is 464 g/mol. The molecule has 9 nitrogen and oxygen atoms in total. The Morgan fingerprint density at radius 2 is 2.03 bits per heavy atom. The lowest BCUT2D eigenvalue weighted by Crippen LogP contribution is -2.37. The minimum Gasteiger partial charge on any atom is -0.444 e. The van der Waals surface area contributed by atoms with Gasteiger partial charge in [0.2, 0.25) is 0 Å². The van der Waals surface area contributed by atoms with Crippen molar-refractivity contribution in [2.24, 2.45) is 0 Å². The van der Waals surface area contributed by atoms with E-state index in [1.807, 2.05) is 20.8 Å². The number of carbonyl (C=O) groups is 1. The molecule has 3 aromatic rings. The van der Waals surface area contributed by atoms with Crippen LogP contribution in [0.5, 0.6) is 0 Å². The Kier molecular flexibility index (Phi) is 6.41. The van der Waals surface area contributed by atoms with Crippen LogP contribution in [0.15, 0.2) is 29.3 Å². The summed E-state index contributed by atoms with van der Waals surface area (Å²) in [7, 11) is 0. The van der Waals surface area contributed by atoms with E-state index in [0.29, 0.717) is 17.5 Å². The summed E-state index contributed by atoms with van der Waals surface area (Å²) in [4.78, 5) is 15.6. The van der Waals surface area contributed by atoms with Crippen molar-refractivity contribution in [3.8, 4) is 11.1 Å². The van der Waals surface area contributed by atoms with Crippen LogP contribution in [-0.2, 0) is 4.74 Å². The number of aromatic amines is 1. The topological polar surface area (TPSA) is 123 Å². The molecule has 4 rings (SSSR count). The highest BCUT2D eigenvalue weighted by atomic mass is 79.9. The van der Waals surface area contributed by atoms with E-state index in [0.717, 1.165) is 28.4 Å². The molecule has 0 aromatic carbocycles. The summed E-state index contributed by atoms with van der Waals surface area (Å²) in [5.41, 5.74) is 8.03. The summed E-state index contributed by atoms with van der Waals surface area (Å²) < 4.78 is 7.46. The number of carbonyl (C=O) groups excluding carboxylic acids is 1. The predicted molar refractivity (Wildman–Crippen MR) is 114 cm³/mol. The lowest BCUT2D eigenvalue weighted by molar-refractivity contribution is 0.0505. The average Bonchev–Trinajstić information content (AvgIpc) is 3.37. The highest BCUT2D eigenvalue weighted by molar-refractivity contribution is 9.10. The summed E-state index contributed by atoms with van der Waals surface area (Å²) in [5.74, 6) is 0.528. The van der Waals surface area contributed by atoms with Crippen molar-refractivity contribution >= 4 is 33.5 Å². The van der Waals surface area contributed by atoms with Crippen LogP contribution in [0.25, 0.3) is 16.8 Å². The third-order valence-corrected chi connectivity index (χ3v) is 5.01. The van der Waals surface area contributed by atoms with E-state index in [2.05, 4.69) is 41.5 Å². The molecule has 0 radical (unpaired) electrons. The molecule has 10 heteroatoms. The van der Waals surface area contributed by atoms with Crippen molar-refractivity contribution in [2.75, 3.05) is 5.73 Å². The highest BCUT2D eigenvalue weighted by Gasteiger charge is 2.21. The van der Waals surface area contributed by atoms with Crippen molar-refractivity contribution in [2.45, 2.75) is 58.1 Å². The minimum atomic E-state index is -0.386. The maximum atomic E-state index is 11.3. The number of alkyl carbamates (subject to hydrolysis) is 1. The first kappa shape index (κ1) is 21.1. The lowest BCUT2D eigenvalue weighted by Gasteiger charge is -2.21. The van der Waals surface area contributed by atoms with Crippen LogP contribution in [0.2, 0.25) is 0 Å². The molecule has 1 saturated carbocycles. The van der Waals surface area contributed by atoms with E-state index < -0.39 is 0 Å². The van der Waals surface area contributed by atoms with E-state index >= 15 is 0 Å². The Morgan fingerprint density at radius 3 is 2.66 bits per heavy atom. The lowest BCUT2D eigenvalue weighted by atomic mass is 10.2. The van der Waals surface area contributed by atoms with Crippen LogP contribution in [0.1, 0.15) is 46.5 Å². The Bertz CT molecular complexity index is 957. The van der Waals surface area contributed by atoms with E-state index in [1.165, 1.54) is 12.8 Å². The number of H-pyrrole nitrogens is 1. The molecule has 29 heavy (non-hydrogen) atoms. The van der Waals surface area contributed by atoms with Gasteiger partial charge in [-0.1, -0.05) is 12.8 Å².